The van der Waals surface area contributed by atoms with Crippen LogP contribution in [-0.4, -0.2) is 11.3 Å². The lowest BCUT2D eigenvalue weighted by molar-refractivity contribution is 0.569. The maximum Gasteiger partial charge on any atom is 0.252 e. The predicted molar refractivity (Wildman–Crippen MR) is 443 cm³/mol. The van der Waals surface area contributed by atoms with Crippen molar-refractivity contribution >= 4 is 101 Å². The molecule has 0 unspecified atom stereocenters. The highest BCUT2D eigenvalue weighted by molar-refractivity contribution is 7.00. The summed E-state index contributed by atoms with van der Waals surface area (Å²) in [6, 6.07) is 88.2. The number of aromatic nitrogens is 1. The van der Waals surface area contributed by atoms with E-state index in [0.29, 0.717) is 11.1 Å². The Hall–Kier alpha value is -10.9. The topological polar surface area (TPSA) is 24.6 Å². The summed E-state index contributed by atoms with van der Waals surface area (Å²) in [7, 11) is 0. The number of rotatable bonds is 8. The molecule has 17 rings (SSSR count). The molecule has 0 spiro atoms. The van der Waals surface area contributed by atoms with E-state index in [0.717, 1.165) is 128 Å². The summed E-state index contributed by atoms with van der Waals surface area (Å²) in [6.45, 7) is 34.1. The van der Waals surface area contributed by atoms with Gasteiger partial charge in [0.2, 0.25) is 0 Å². The first-order chi connectivity index (χ1) is 51.3. The largest absolute Gasteiger partial charge is 0.456 e. The van der Waals surface area contributed by atoms with Crippen LogP contribution in [0.3, 0.4) is 0 Å². The maximum atomic E-state index is 9.68. The van der Waals surface area contributed by atoms with E-state index < -0.39 is 24.8 Å². The molecule has 0 bridgehead atoms. The molecule has 0 atom stereocenters. The fourth-order valence-electron chi connectivity index (χ4n) is 16.1. The fourth-order valence-corrected chi connectivity index (χ4v) is 16.1. The second kappa shape index (κ2) is 23.9. The second-order valence-corrected chi connectivity index (χ2v) is 33.8. The third-order valence-electron chi connectivity index (χ3n) is 21.8. The van der Waals surface area contributed by atoms with Gasteiger partial charge in [-0.2, -0.15) is 0 Å². The molecular formula is C98H90BN3O. The zero-order chi connectivity index (χ0) is 75.7. The number of furan rings is 1. The summed E-state index contributed by atoms with van der Waals surface area (Å²) < 4.78 is 56.1. The molecule has 2 aliphatic rings. The van der Waals surface area contributed by atoms with Crippen LogP contribution in [0.15, 0.2) is 277 Å². The van der Waals surface area contributed by atoms with E-state index in [-0.39, 0.29) is 44.7 Å². The summed E-state index contributed by atoms with van der Waals surface area (Å²) >= 11 is 0. The lowest BCUT2D eigenvalue weighted by Gasteiger charge is -2.46. The molecule has 0 radical (unpaired) electrons. The SMILES string of the molecule is [2H]c1c([2H])c([2H])c(-c2ccc3c(c2)N(c2c(-c4ccccc4)ccc4oc5ccccc5c24)c2cc(-c4cc(C(C)(C)C)cc(C(C)(C)C)c4)cc4c2B3c2ccc(-n3c5ccc(C(C)(C)C)cc5c5cc(C(C)(C)C)ccc53)cc2N4c2c(-c3ccccc3)cc(C(C)(C)C)cc2-c2ccccc2)c([2H])c1[2H]. The van der Waals surface area contributed by atoms with Gasteiger partial charge in [0.05, 0.1) is 34.6 Å². The van der Waals surface area contributed by atoms with E-state index in [4.69, 9.17) is 5.79 Å². The molecule has 0 aliphatic carbocycles. The van der Waals surface area contributed by atoms with E-state index >= 15 is 0 Å². The third kappa shape index (κ3) is 11.1. The maximum absolute atomic E-state index is 9.68. The molecule has 0 amide bonds. The normalized spacial score (nSPS) is 14.0. The average molecular weight is 1340 g/mol. The fraction of sp³-hybridized carbons (Fsp3) is 0.204. The highest BCUT2D eigenvalue weighted by atomic mass is 16.3. The van der Waals surface area contributed by atoms with Gasteiger partial charge in [-0.05, 0) is 195 Å². The van der Waals surface area contributed by atoms with Gasteiger partial charge in [0.15, 0.2) is 0 Å². The van der Waals surface area contributed by atoms with Gasteiger partial charge < -0.3 is 18.8 Å². The van der Waals surface area contributed by atoms with Crippen LogP contribution in [0.1, 0.15) is 139 Å². The van der Waals surface area contributed by atoms with Gasteiger partial charge in [0.25, 0.3) is 6.71 Å². The van der Waals surface area contributed by atoms with Crippen LogP contribution in [0.4, 0.5) is 34.1 Å². The van der Waals surface area contributed by atoms with Crippen molar-refractivity contribution in [3.05, 3.63) is 301 Å². The van der Waals surface area contributed by atoms with E-state index in [1.165, 1.54) is 38.6 Å². The van der Waals surface area contributed by atoms with Gasteiger partial charge in [0, 0.05) is 61.3 Å². The second-order valence-electron chi connectivity index (χ2n) is 33.8. The Morgan fingerprint density at radius 2 is 0.767 bits per heavy atom. The Morgan fingerprint density at radius 1 is 0.311 bits per heavy atom. The van der Waals surface area contributed by atoms with Gasteiger partial charge in [-0.15, -0.1) is 0 Å². The van der Waals surface area contributed by atoms with Crippen LogP contribution in [-0.2, 0) is 27.1 Å². The number of hydrogen-bond acceptors (Lipinski definition) is 3. The molecule has 0 N–H and O–H groups in total. The Labute approximate surface area is 616 Å². The van der Waals surface area contributed by atoms with Crippen molar-refractivity contribution in [1.29, 1.82) is 0 Å². The zero-order valence-corrected chi connectivity index (χ0v) is 61.9. The molecule has 4 nitrogen and oxygen atoms in total. The van der Waals surface area contributed by atoms with Crippen LogP contribution in [0, 0.1) is 0 Å². The van der Waals surface area contributed by atoms with Crippen LogP contribution in [0.5, 0.6) is 0 Å². The minimum atomic E-state index is -0.466. The standard InChI is InChI=1S/C98H90BN3O/c1-94(2,3)68-41-47-82-78(56-68)79-57-69(95(4,5)6)42-48-83(79)100(82)73-43-46-81-85(60-73)101(92-76(63-34-24-18-25-35-63)58-72(98(13,14)15)59-77(92)64-36-26-19-27-37-64)86-53-67(66-50-70(96(7,8)9)55-71(51-66)97(10,11)12)54-87-91(86)99(81)80-45-40-65(61-30-20-16-21-31-61)52-84(80)102(87)93-74(62-32-22-17-23-33-62)44-49-89-90(93)75-38-28-29-39-88(75)103-89/h16-60H,1-15H3/i16D,20D,21D,30D,31D. The third-order valence-corrected chi connectivity index (χ3v) is 21.8. The molecule has 506 valence electrons. The molecule has 13 aromatic carbocycles. The van der Waals surface area contributed by atoms with Gasteiger partial charge >= 0.3 is 0 Å². The molecule has 4 heterocycles. The smallest absolute Gasteiger partial charge is 0.252 e. The molecule has 0 saturated carbocycles. The Morgan fingerprint density at radius 3 is 1.30 bits per heavy atom. The van der Waals surface area contributed by atoms with Gasteiger partial charge in [-0.25, -0.2) is 0 Å². The minimum Gasteiger partial charge on any atom is -0.456 e. The molecule has 5 heteroatoms. The van der Waals surface area contributed by atoms with E-state index in [2.05, 4.69) is 343 Å². The first kappa shape index (κ1) is 59.8. The average Bonchev–Trinajstić information content (AvgIpc) is 0.826. The number of hydrogen-bond donors (Lipinski definition) is 0. The Balaban J connectivity index is 1.10. The Kier molecular flexibility index (Phi) is 13.8. The van der Waals surface area contributed by atoms with Gasteiger partial charge in [0.1, 0.15) is 11.2 Å². The first-order valence-corrected chi connectivity index (χ1v) is 36.5. The highest BCUT2D eigenvalue weighted by Gasteiger charge is 2.46. The van der Waals surface area contributed by atoms with Crippen LogP contribution in [0.2, 0.25) is 0 Å². The highest BCUT2D eigenvalue weighted by Crippen LogP contribution is 2.56. The number of anilines is 6. The molecule has 15 aromatic rings. The summed E-state index contributed by atoms with van der Waals surface area (Å²) in [5, 5.41) is 4.26. The first-order valence-electron chi connectivity index (χ1n) is 39.0. The lowest BCUT2D eigenvalue weighted by Crippen LogP contribution is -2.61. The van der Waals surface area contributed by atoms with Crippen molar-refractivity contribution in [1.82, 2.24) is 4.57 Å². The monoisotopic (exact) mass is 1340 g/mol. The van der Waals surface area contributed by atoms with Crippen LogP contribution < -0.4 is 26.2 Å². The van der Waals surface area contributed by atoms with Crippen molar-refractivity contribution in [2.45, 2.75) is 131 Å². The van der Waals surface area contributed by atoms with Crippen LogP contribution >= 0.6 is 0 Å². The molecule has 103 heavy (non-hydrogen) atoms. The number of benzene rings is 13. The molecule has 2 aliphatic heterocycles. The van der Waals surface area contributed by atoms with Crippen LogP contribution in [0.25, 0.3) is 105 Å². The predicted octanol–water partition coefficient (Wildman–Crippen LogP) is 25.6. The molecule has 2 aromatic heterocycles. The Bertz CT molecular complexity index is 6020. The van der Waals surface area contributed by atoms with Crippen molar-refractivity contribution in [2.75, 3.05) is 9.80 Å². The number of fused-ring (bicyclic) bond motifs is 10. The van der Waals surface area contributed by atoms with E-state index in [1.807, 2.05) is 18.2 Å². The minimum absolute atomic E-state index is 0.108. The van der Waals surface area contributed by atoms with Crippen molar-refractivity contribution in [2.24, 2.45) is 0 Å². The number of nitrogens with zero attached hydrogens (tertiary/aromatic N) is 3. The van der Waals surface area contributed by atoms with Gasteiger partial charge in [-0.1, -0.05) is 292 Å². The van der Waals surface area contributed by atoms with E-state index in [1.54, 1.807) is 0 Å². The number of para-hydroxylation sites is 1. The summed E-state index contributed by atoms with van der Waals surface area (Å²) in [6.07, 6.45) is 0. The van der Waals surface area contributed by atoms with Crippen molar-refractivity contribution in [3.63, 3.8) is 0 Å². The van der Waals surface area contributed by atoms with Crippen molar-refractivity contribution in [3.8, 4) is 61.3 Å². The molecule has 0 saturated heterocycles. The van der Waals surface area contributed by atoms with Gasteiger partial charge in [-0.3, -0.25) is 0 Å². The zero-order valence-electron chi connectivity index (χ0n) is 66.9. The molecular weight excluding hydrogens is 1250 g/mol. The summed E-state index contributed by atoms with van der Waals surface area (Å²) in [5.74, 6) is 0. The quantitative estimate of drug-likeness (QED) is 0.142. The lowest BCUT2D eigenvalue weighted by atomic mass is 9.33. The summed E-state index contributed by atoms with van der Waals surface area (Å²) in [4.78, 5) is 5.11. The van der Waals surface area contributed by atoms with E-state index in [9.17, 15) is 5.48 Å². The summed E-state index contributed by atoms with van der Waals surface area (Å²) in [5.41, 5.74) is 27.7. The van der Waals surface area contributed by atoms with Crippen molar-refractivity contribution < 1.29 is 11.3 Å². The molecule has 0 fully saturated rings.